The van der Waals surface area contributed by atoms with Gasteiger partial charge in [0.25, 0.3) is 5.91 Å². The molecule has 2 N–H and O–H groups in total. The molecule has 2 heterocycles. The van der Waals surface area contributed by atoms with Crippen molar-refractivity contribution in [2.24, 2.45) is 9.98 Å². The summed E-state index contributed by atoms with van der Waals surface area (Å²) in [7, 11) is 0. The fourth-order valence-corrected chi connectivity index (χ4v) is 5.04. The lowest BCUT2D eigenvalue weighted by Crippen LogP contribution is -2.41. The molecule has 0 aromatic heterocycles. The molecule has 5 rings (SSSR count). The number of aryl methyl sites for hydroxylation is 1. The lowest BCUT2D eigenvalue weighted by molar-refractivity contribution is -0.122. The van der Waals surface area contributed by atoms with Gasteiger partial charge in [0.05, 0.1) is 6.54 Å². The normalized spacial score (nSPS) is 21.5. The molecule has 2 aliphatic heterocycles. The number of nitrogens with one attached hydrogen (secondary N) is 2. The number of aliphatic imine (C=N–C) groups is 2. The summed E-state index contributed by atoms with van der Waals surface area (Å²) in [6.07, 6.45) is 9.76. The highest BCUT2D eigenvalue weighted by molar-refractivity contribution is 6.37. The summed E-state index contributed by atoms with van der Waals surface area (Å²) < 4.78 is 0. The van der Waals surface area contributed by atoms with E-state index in [0.717, 1.165) is 48.2 Å². The predicted octanol–water partition coefficient (Wildman–Crippen LogP) is 6.30. The number of halogens is 1. The average Bonchev–Trinajstić information content (AvgIpc) is 3.67. The largest absolute Gasteiger partial charge is 0.368 e. The van der Waals surface area contributed by atoms with Gasteiger partial charge in [0.1, 0.15) is 11.7 Å². The van der Waals surface area contributed by atoms with Crippen molar-refractivity contribution in [1.29, 1.82) is 0 Å². The van der Waals surface area contributed by atoms with E-state index in [-0.39, 0.29) is 12.1 Å². The third kappa shape index (κ3) is 6.21. The number of allylic oxidation sites excluding steroid dienone is 2. The van der Waals surface area contributed by atoms with Crippen LogP contribution in [-0.4, -0.2) is 34.7 Å². The molecule has 7 nitrogen and oxygen atoms in total. The highest BCUT2D eigenvalue weighted by Gasteiger charge is 2.33. The first-order chi connectivity index (χ1) is 19.4. The average molecular weight is 558 g/mol. The second-order valence-corrected chi connectivity index (χ2v) is 10.6. The van der Waals surface area contributed by atoms with Gasteiger partial charge in [-0.3, -0.25) is 9.69 Å². The maximum atomic E-state index is 14.3. The molecule has 1 aliphatic carbocycles. The molecular weight excluding hydrogens is 522 g/mol. The molecule has 2 aromatic carbocycles. The first-order valence-electron chi connectivity index (χ1n) is 14.0. The van der Waals surface area contributed by atoms with Crippen LogP contribution in [0.4, 0.5) is 0 Å². The van der Waals surface area contributed by atoms with Crippen LogP contribution in [0.15, 0.2) is 82.1 Å². The van der Waals surface area contributed by atoms with Crippen LogP contribution in [0.3, 0.4) is 0 Å². The van der Waals surface area contributed by atoms with E-state index in [2.05, 4.69) is 53.9 Å². The molecule has 0 bridgehead atoms. The molecule has 40 heavy (non-hydrogen) atoms. The van der Waals surface area contributed by atoms with Crippen LogP contribution < -0.4 is 10.8 Å². The van der Waals surface area contributed by atoms with Crippen molar-refractivity contribution in [3.8, 4) is 0 Å². The first kappa shape index (κ1) is 27.9. The quantitative estimate of drug-likeness (QED) is 0.379. The van der Waals surface area contributed by atoms with Crippen LogP contribution in [0.1, 0.15) is 69.2 Å². The first-order valence-corrected chi connectivity index (χ1v) is 14.4. The standard InChI is InChI=1S/C32H36ClN5O2/c1-5-9-29(35-25-13-14-25)36-31-23(7-3)17-27(32(39)38(31)19-22-11-8-10-21(6-2)16-22)26-15-12-24(18-28(26)33)30-34-20(4)40-37-30/h7-12,15-18,20,25,35H,5-6,13-14,19H2,1-4H3,(H,34,37)/b23-7-,29-9+,36-31+. The lowest BCUT2D eigenvalue weighted by Gasteiger charge is -2.31. The van der Waals surface area contributed by atoms with E-state index in [4.69, 9.17) is 21.4 Å². The Labute approximate surface area is 241 Å². The van der Waals surface area contributed by atoms with E-state index in [0.29, 0.717) is 40.4 Å². The zero-order valence-corrected chi connectivity index (χ0v) is 24.3. The smallest absolute Gasteiger partial charge is 0.260 e. The van der Waals surface area contributed by atoms with Crippen LogP contribution in [0.2, 0.25) is 5.02 Å². The lowest BCUT2D eigenvalue weighted by atomic mass is 9.95. The summed E-state index contributed by atoms with van der Waals surface area (Å²) in [5.74, 6) is 1.91. The van der Waals surface area contributed by atoms with Gasteiger partial charge in [-0.2, -0.15) is 0 Å². The number of rotatable bonds is 9. The molecule has 0 radical (unpaired) electrons. The van der Waals surface area contributed by atoms with E-state index in [1.165, 1.54) is 5.56 Å². The number of hydrogen-bond donors (Lipinski definition) is 2. The second kappa shape index (κ2) is 12.2. The summed E-state index contributed by atoms with van der Waals surface area (Å²) in [4.78, 5) is 30.8. The topological polar surface area (TPSA) is 78.3 Å². The summed E-state index contributed by atoms with van der Waals surface area (Å²) in [6, 6.07) is 14.4. The van der Waals surface area contributed by atoms with Crippen molar-refractivity contribution in [2.45, 2.75) is 72.2 Å². The Bertz CT molecular complexity index is 1450. The minimum atomic E-state index is -0.271. The van der Waals surface area contributed by atoms with Crippen LogP contribution in [0, 0.1) is 0 Å². The van der Waals surface area contributed by atoms with Crippen LogP contribution in [0.25, 0.3) is 5.57 Å². The van der Waals surface area contributed by atoms with E-state index in [1.807, 2.05) is 50.3 Å². The minimum Gasteiger partial charge on any atom is -0.368 e. The molecule has 1 amide bonds. The molecule has 0 spiro atoms. The fourth-order valence-electron chi connectivity index (χ4n) is 4.76. The van der Waals surface area contributed by atoms with Crippen molar-refractivity contribution >= 4 is 34.8 Å². The Hall–Kier alpha value is -3.68. The van der Waals surface area contributed by atoms with Crippen molar-refractivity contribution in [3.05, 3.63) is 99.4 Å². The van der Waals surface area contributed by atoms with Crippen molar-refractivity contribution in [1.82, 2.24) is 15.7 Å². The Balaban J connectivity index is 1.57. The maximum Gasteiger partial charge on any atom is 0.260 e. The number of hydroxylamine groups is 1. The van der Waals surface area contributed by atoms with Crippen LogP contribution in [-0.2, 0) is 22.6 Å². The van der Waals surface area contributed by atoms with Gasteiger partial charge >= 0.3 is 0 Å². The maximum absolute atomic E-state index is 14.3. The number of nitrogens with zero attached hydrogens (tertiary/aromatic N) is 3. The van der Waals surface area contributed by atoms with E-state index >= 15 is 0 Å². The third-order valence-corrected chi connectivity index (χ3v) is 7.38. The van der Waals surface area contributed by atoms with Gasteiger partial charge in [-0.1, -0.05) is 67.9 Å². The molecule has 208 valence electrons. The molecule has 1 unspecified atom stereocenters. The van der Waals surface area contributed by atoms with E-state index in [9.17, 15) is 4.79 Å². The van der Waals surface area contributed by atoms with Gasteiger partial charge < -0.3 is 5.32 Å². The van der Waals surface area contributed by atoms with Gasteiger partial charge in [0.15, 0.2) is 12.1 Å². The van der Waals surface area contributed by atoms with Crippen molar-refractivity contribution in [2.75, 3.05) is 0 Å². The van der Waals surface area contributed by atoms with Crippen molar-refractivity contribution in [3.63, 3.8) is 0 Å². The fraction of sp³-hybridized carbons (Fsp3) is 0.344. The summed E-state index contributed by atoms with van der Waals surface area (Å²) >= 11 is 6.80. The van der Waals surface area contributed by atoms with Crippen LogP contribution in [0.5, 0.6) is 0 Å². The van der Waals surface area contributed by atoms with Gasteiger partial charge in [-0.25, -0.2) is 20.3 Å². The molecular formula is C32H36ClN5O2. The highest BCUT2D eigenvalue weighted by atomic mass is 35.5. The predicted molar refractivity (Wildman–Crippen MR) is 162 cm³/mol. The van der Waals surface area contributed by atoms with Crippen molar-refractivity contribution < 1.29 is 9.63 Å². The molecule has 1 atom stereocenters. The number of amides is 1. The molecule has 0 saturated heterocycles. The Kier molecular flexibility index (Phi) is 8.52. The number of hydrogen-bond acceptors (Lipinski definition) is 6. The Morgan fingerprint density at radius 3 is 2.67 bits per heavy atom. The zero-order chi connectivity index (χ0) is 28.2. The van der Waals surface area contributed by atoms with Gasteiger partial charge in [-0.05, 0) is 68.9 Å². The van der Waals surface area contributed by atoms with Gasteiger partial charge in [0, 0.05) is 33.3 Å². The Morgan fingerprint density at radius 1 is 1.23 bits per heavy atom. The summed E-state index contributed by atoms with van der Waals surface area (Å²) in [5.41, 5.74) is 7.96. The number of amidine groups is 2. The van der Waals surface area contributed by atoms with E-state index < -0.39 is 0 Å². The summed E-state index contributed by atoms with van der Waals surface area (Å²) in [5, 5.41) is 3.99. The van der Waals surface area contributed by atoms with Gasteiger partial charge in [-0.15, -0.1) is 0 Å². The number of carbonyl (C=O) groups excluding carboxylic acids is 1. The molecule has 1 fully saturated rings. The van der Waals surface area contributed by atoms with E-state index in [1.54, 1.807) is 4.90 Å². The minimum absolute atomic E-state index is 0.142. The molecule has 1 saturated carbocycles. The number of benzene rings is 2. The second-order valence-electron chi connectivity index (χ2n) is 10.2. The third-order valence-electron chi connectivity index (χ3n) is 7.06. The SMILES string of the molecule is C/C=C1/C=C(c2ccc(C3=NC(C)ON3)cc2Cl)C(=O)N(Cc2cccc(CC)c2)/C1=N/C(=C/CC)NC1CC1. The summed E-state index contributed by atoms with van der Waals surface area (Å²) in [6.45, 7) is 8.44. The molecule has 2 aromatic rings. The number of carbonyl (C=O) groups is 1. The van der Waals surface area contributed by atoms with Crippen LogP contribution >= 0.6 is 11.6 Å². The Morgan fingerprint density at radius 2 is 2.02 bits per heavy atom. The monoisotopic (exact) mass is 557 g/mol. The van der Waals surface area contributed by atoms with Gasteiger partial charge in [0.2, 0.25) is 0 Å². The zero-order valence-electron chi connectivity index (χ0n) is 23.5. The molecule has 8 heteroatoms. The highest BCUT2D eigenvalue weighted by Crippen LogP contribution is 2.33. The molecule has 3 aliphatic rings.